The Kier molecular flexibility index (Phi) is 10.3. The lowest BCUT2D eigenvalue weighted by molar-refractivity contribution is -0.148. The van der Waals surface area contributed by atoms with Gasteiger partial charge < -0.3 is 19.9 Å². The predicted octanol–water partition coefficient (Wildman–Crippen LogP) is 7.09. The maximum Gasteiger partial charge on any atom is 0.331 e. The Morgan fingerprint density at radius 1 is 1.07 bits per heavy atom. The Hall–Kier alpha value is -3.29. The summed E-state index contributed by atoms with van der Waals surface area (Å²) in [5.74, 6) is -1.53. The summed E-state index contributed by atoms with van der Waals surface area (Å²) >= 11 is 12.4. The lowest BCUT2D eigenvalue weighted by Crippen LogP contribution is -2.45. The molecule has 0 heterocycles. The van der Waals surface area contributed by atoms with Crippen molar-refractivity contribution in [3.8, 4) is 5.75 Å². The number of hydrogen-bond donors (Lipinski definition) is 2. The Labute approximate surface area is 251 Å². The molecule has 1 amide bonds. The van der Waals surface area contributed by atoms with E-state index >= 15 is 0 Å². The molecule has 7 nitrogen and oxygen atoms in total. The molecule has 1 atom stereocenters. The van der Waals surface area contributed by atoms with E-state index in [2.05, 4.69) is 5.32 Å². The van der Waals surface area contributed by atoms with Crippen molar-refractivity contribution in [1.82, 2.24) is 5.32 Å². The molecule has 3 rings (SSSR count). The number of allylic oxidation sites excluding steroid dienone is 2. The molecule has 220 valence electrons. The number of nitrogens with one attached hydrogen (secondary N) is 1. The number of carboxylic acids is 1. The highest BCUT2D eigenvalue weighted by Crippen LogP contribution is 2.42. The number of carbonyl (C=O) groups is 3. The van der Waals surface area contributed by atoms with Crippen LogP contribution in [0.3, 0.4) is 0 Å². The molecule has 1 aliphatic rings. The van der Waals surface area contributed by atoms with Crippen LogP contribution in [0, 0.1) is 5.41 Å². The highest BCUT2D eigenvalue weighted by Gasteiger charge is 2.37. The minimum absolute atomic E-state index is 0.0745. The second-order valence-corrected chi connectivity index (χ2v) is 12.6. The maximum atomic E-state index is 13.5. The molecule has 0 saturated heterocycles. The van der Waals surface area contributed by atoms with E-state index in [1.54, 1.807) is 70.2 Å². The quantitative estimate of drug-likeness (QED) is 0.235. The van der Waals surface area contributed by atoms with Gasteiger partial charge in [0, 0.05) is 33.7 Å². The minimum Gasteiger partial charge on any atom is -0.489 e. The number of halogens is 2. The van der Waals surface area contributed by atoms with Crippen molar-refractivity contribution < 1.29 is 29.0 Å². The fourth-order valence-electron chi connectivity index (χ4n) is 4.77. The first kappa shape index (κ1) is 32.2. The largest absolute Gasteiger partial charge is 0.489 e. The van der Waals surface area contributed by atoms with E-state index in [1.807, 2.05) is 13.8 Å². The van der Waals surface area contributed by atoms with Crippen LogP contribution in [0.5, 0.6) is 5.75 Å². The third kappa shape index (κ3) is 8.85. The molecular weight excluding hydrogens is 565 g/mol. The van der Waals surface area contributed by atoms with Crippen LogP contribution in [0.4, 0.5) is 0 Å². The van der Waals surface area contributed by atoms with Crippen LogP contribution < -0.4 is 10.1 Å². The van der Waals surface area contributed by atoms with Crippen molar-refractivity contribution in [2.45, 2.75) is 79.1 Å². The summed E-state index contributed by atoms with van der Waals surface area (Å²) in [4.78, 5) is 38.1. The van der Waals surface area contributed by atoms with Crippen LogP contribution in [0.1, 0.15) is 65.5 Å². The standard InChI is InChI=1S/C32H37Cl2NO6/c1-19-21(17-27(36)41-31(2,3)4)14-15-32(5,6)28(19)29(37)35-26(30(38)39)16-20-10-12-22(13-11-20)40-18-23-24(33)8-7-9-25(23)34/h7-13,17,26H,14-16,18H2,1-6H3,(H,35,37)(H,38,39)/b21-17+/t26-/m0/s1. The maximum absolute atomic E-state index is 13.5. The molecule has 41 heavy (non-hydrogen) atoms. The van der Waals surface area contributed by atoms with Crippen LogP contribution in [0.2, 0.25) is 10.0 Å². The number of ether oxygens (including phenoxy) is 2. The zero-order valence-corrected chi connectivity index (χ0v) is 25.8. The number of rotatable bonds is 9. The first-order valence-corrected chi connectivity index (χ1v) is 14.2. The van der Waals surface area contributed by atoms with Gasteiger partial charge in [0.2, 0.25) is 5.91 Å². The van der Waals surface area contributed by atoms with Crippen molar-refractivity contribution in [1.29, 1.82) is 0 Å². The minimum atomic E-state index is -1.16. The van der Waals surface area contributed by atoms with E-state index in [0.29, 0.717) is 56.5 Å². The summed E-state index contributed by atoms with van der Waals surface area (Å²) in [6.07, 6.45) is 2.74. The highest BCUT2D eigenvalue weighted by molar-refractivity contribution is 6.35. The molecule has 2 N–H and O–H groups in total. The fourth-order valence-corrected chi connectivity index (χ4v) is 5.28. The summed E-state index contributed by atoms with van der Waals surface area (Å²) in [7, 11) is 0. The second kappa shape index (κ2) is 13.1. The Bertz CT molecular complexity index is 1350. The Morgan fingerprint density at radius 3 is 2.24 bits per heavy atom. The number of amides is 1. The van der Waals surface area contributed by atoms with Crippen LogP contribution in [0.25, 0.3) is 0 Å². The van der Waals surface area contributed by atoms with Crippen LogP contribution >= 0.6 is 23.2 Å². The van der Waals surface area contributed by atoms with Gasteiger partial charge in [-0.15, -0.1) is 0 Å². The molecule has 0 aromatic heterocycles. The molecule has 2 aromatic rings. The monoisotopic (exact) mass is 601 g/mol. The molecule has 0 radical (unpaired) electrons. The van der Waals surface area contributed by atoms with E-state index in [0.717, 1.165) is 0 Å². The van der Waals surface area contributed by atoms with Crippen molar-refractivity contribution in [2.75, 3.05) is 0 Å². The normalized spacial score (nSPS) is 16.7. The summed E-state index contributed by atoms with van der Waals surface area (Å²) in [6, 6.07) is 11.0. The van der Waals surface area contributed by atoms with Gasteiger partial charge in [-0.1, -0.05) is 55.2 Å². The van der Waals surface area contributed by atoms with E-state index < -0.39 is 34.9 Å². The number of carbonyl (C=O) groups excluding carboxylic acids is 2. The molecule has 1 aliphatic carbocycles. The SMILES string of the molecule is CC1=C(C(=O)N[C@@H](Cc2ccc(OCc3c(Cl)cccc3Cl)cc2)C(=O)O)C(C)(C)CC/C1=C\C(=O)OC(C)(C)C. The molecule has 0 fully saturated rings. The number of benzene rings is 2. The van der Waals surface area contributed by atoms with Gasteiger partial charge in [-0.25, -0.2) is 9.59 Å². The lowest BCUT2D eigenvalue weighted by Gasteiger charge is -2.35. The van der Waals surface area contributed by atoms with Crippen LogP contribution in [-0.4, -0.2) is 34.6 Å². The first-order valence-electron chi connectivity index (χ1n) is 13.4. The van der Waals surface area contributed by atoms with Crippen LogP contribution in [0.15, 0.2) is 65.3 Å². The zero-order valence-electron chi connectivity index (χ0n) is 24.3. The highest BCUT2D eigenvalue weighted by atomic mass is 35.5. The van der Waals surface area contributed by atoms with Gasteiger partial charge in [0.1, 0.15) is 24.0 Å². The molecule has 0 spiro atoms. The van der Waals surface area contributed by atoms with Crippen molar-refractivity contribution in [2.24, 2.45) is 5.41 Å². The van der Waals surface area contributed by atoms with E-state index in [1.165, 1.54) is 6.08 Å². The Balaban J connectivity index is 1.73. The fraction of sp³-hybridized carbons (Fsp3) is 0.406. The first-order chi connectivity index (χ1) is 19.1. The molecule has 0 bridgehead atoms. The Morgan fingerprint density at radius 2 is 1.68 bits per heavy atom. The van der Waals surface area contributed by atoms with Gasteiger partial charge in [0.15, 0.2) is 0 Å². The van der Waals surface area contributed by atoms with Crippen LogP contribution in [-0.2, 0) is 32.1 Å². The number of esters is 1. The molecule has 0 aliphatic heterocycles. The number of carboxylic acid groups (broad SMARTS) is 1. The number of aliphatic carboxylic acids is 1. The number of hydrogen-bond acceptors (Lipinski definition) is 5. The predicted molar refractivity (Wildman–Crippen MR) is 160 cm³/mol. The van der Waals surface area contributed by atoms with Crippen molar-refractivity contribution >= 4 is 41.0 Å². The van der Waals surface area contributed by atoms with Gasteiger partial charge in [0.25, 0.3) is 0 Å². The summed E-state index contributed by atoms with van der Waals surface area (Å²) < 4.78 is 11.2. The molecular formula is C32H37Cl2NO6. The summed E-state index contributed by atoms with van der Waals surface area (Å²) in [6.45, 7) is 11.2. The smallest absolute Gasteiger partial charge is 0.331 e. The average molecular weight is 603 g/mol. The van der Waals surface area contributed by atoms with E-state index in [4.69, 9.17) is 32.7 Å². The van der Waals surface area contributed by atoms with E-state index in [9.17, 15) is 19.5 Å². The van der Waals surface area contributed by atoms with Gasteiger partial charge in [-0.05, 0) is 86.9 Å². The average Bonchev–Trinajstić information content (AvgIpc) is 2.84. The third-order valence-corrected chi connectivity index (χ3v) is 7.60. The molecule has 0 unspecified atom stereocenters. The summed E-state index contributed by atoms with van der Waals surface area (Å²) in [5, 5.41) is 13.6. The van der Waals surface area contributed by atoms with Crippen molar-refractivity contribution in [3.05, 3.63) is 86.4 Å². The van der Waals surface area contributed by atoms with Gasteiger partial charge in [0.05, 0.1) is 0 Å². The molecule has 9 heteroatoms. The summed E-state index contributed by atoms with van der Waals surface area (Å²) in [5.41, 5.74) is 2.08. The molecule has 2 aromatic carbocycles. The van der Waals surface area contributed by atoms with Gasteiger partial charge in [-0.3, -0.25) is 4.79 Å². The van der Waals surface area contributed by atoms with Gasteiger partial charge >= 0.3 is 11.9 Å². The van der Waals surface area contributed by atoms with Crippen molar-refractivity contribution in [3.63, 3.8) is 0 Å². The zero-order chi connectivity index (χ0) is 30.5. The van der Waals surface area contributed by atoms with E-state index in [-0.39, 0.29) is 13.0 Å². The topological polar surface area (TPSA) is 102 Å². The molecule has 0 saturated carbocycles. The third-order valence-electron chi connectivity index (χ3n) is 6.89. The lowest BCUT2D eigenvalue weighted by atomic mass is 9.70. The second-order valence-electron chi connectivity index (χ2n) is 11.8. The van der Waals surface area contributed by atoms with Gasteiger partial charge in [-0.2, -0.15) is 0 Å².